The number of nitrogens with zero attached hydrogens (tertiary/aromatic N) is 2. The lowest BCUT2D eigenvalue weighted by atomic mass is 9.76. The highest BCUT2D eigenvalue weighted by Crippen LogP contribution is 2.34. The van der Waals surface area contributed by atoms with E-state index in [0.717, 1.165) is 30.6 Å². The fraction of sp³-hybridized carbons (Fsp3) is 0.391. The van der Waals surface area contributed by atoms with Crippen molar-refractivity contribution < 1.29 is 4.79 Å². The van der Waals surface area contributed by atoms with Gasteiger partial charge in [-0.05, 0) is 68.0 Å². The zero-order chi connectivity index (χ0) is 18.6. The molecule has 0 saturated carbocycles. The van der Waals surface area contributed by atoms with Gasteiger partial charge in [-0.3, -0.25) is 14.7 Å². The number of allylic oxidation sites excluding steroid dienone is 1. The first kappa shape index (κ1) is 17.9. The molecule has 3 fully saturated rings. The zero-order valence-corrected chi connectivity index (χ0v) is 15.8. The summed E-state index contributed by atoms with van der Waals surface area (Å²) >= 11 is 0. The van der Waals surface area contributed by atoms with Crippen molar-refractivity contribution in [3.63, 3.8) is 0 Å². The standard InChI is InChI=1S/C23H27N3O/c1-17(19-7-3-2-4-8-19)14-22(27)25-23-20-9-12-26(13-10-20)21(23)15-18-6-5-11-24-16-18/h2-8,11,14,16,20-21,23H,9-10,12-13,15H2,1H3,(H,25,27). The quantitative estimate of drug-likeness (QED) is 0.831. The number of rotatable bonds is 5. The third kappa shape index (κ3) is 4.11. The second-order valence-corrected chi connectivity index (χ2v) is 7.73. The van der Waals surface area contributed by atoms with Gasteiger partial charge in [0.25, 0.3) is 0 Å². The van der Waals surface area contributed by atoms with E-state index < -0.39 is 0 Å². The molecule has 140 valence electrons. The molecule has 1 N–H and O–H groups in total. The number of benzene rings is 1. The minimum atomic E-state index is 0.0197. The summed E-state index contributed by atoms with van der Waals surface area (Å²) in [6.07, 6.45) is 8.80. The van der Waals surface area contributed by atoms with Gasteiger partial charge in [-0.2, -0.15) is 0 Å². The molecular formula is C23H27N3O. The number of nitrogens with one attached hydrogen (secondary N) is 1. The zero-order valence-electron chi connectivity index (χ0n) is 15.8. The highest BCUT2D eigenvalue weighted by molar-refractivity contribution is 5.95. The number of fused-ring (bicyclic) bond motifs is 3. The molecule has 3 aliphatic rings. The smallest absolute Gasteiger partial charge is 0.244 e. The number of hydrogen-bond acceptors (Lipinski definition) is 3. The van der Waals surface area contributed by atoms with Gasteiger partial charge < -0.3 is 5.32 Å². The van der Waals surface area contributed by atoms with Gasteiger partial charge in [0.05, 0.1) is 0 Å². The Morgan fingerprint density at radius 3 is 2.67 bits per heavy atom. The first-order valence-electron chi connectivity index (χ1n) is 9.88. The largest absolute Gasteiger partial charge is 0.348 e. The average Bonchev–Trinajstić information content (AvgIpc) is 2.72. The van der Waals surface area contributed by atoms with Crippen LogP contribution < -0.4 is 5.32 Å². The van der Waals surface area contributed by atoms with Crippen LogP contribution in [0.3, 0.4) is 0 Å². The molecule has 3 aliphatic heterocycles. The summed E-state index contributed by atoms with van der Waals surface area (Å²) in [4.78, 5) is 19.6. The van der Waals surface area contributed by atoms with Crippen LogP contribution in [-0.4, -0.2) is 41.0 Å². The maximum atomic E-state index is 12.8. The minimum absolute atomic E-state index is 0.0197. The second-order valence-electron chi connectivity index (χ2n) is 7.73. The minimum Gasteiger partial charge on any atom is -0.348 e. The summed E-state index contributed by atoms with van der Waals surface area (Å²) in [5.74, 6) is 0.595. The van der Waals surface area contributed by atoms with E-state index >= 15 is 0 Å². The lowest BCUT2D eigenvalue weighted by molar-refractivity contribution is -0.119. The second kappa shape index (κ2) is 8.05. The molecule has 4 heterocycles. The molecule has 1 amide bonds. The highest BCUT2D eigenvalue weighted by Gasteiger charge is 2.42. The maximum Gasteiger partial charge on any atom is 0.244 e. The molecule has 0 spiro atoms. The van der Waals surface area contributed by atoms with Gasteiger partial charge >= 0.3 is 0 Å². The number of piperidine rings is 3. The van der Waals surface area contributed by atoms with Crippen molar-refractivity contribution in [3.8, 4) is 0 Å². The topological polar surface area (TPSA) is 45.2 Å². The summed E-state index contributed by atoms with van der Waals surface area (Å²) in [5.41, 5.74) is 3.33. The van der Waals surface area contributed by atoms with Gasteiger partial charge in [-0.1, -0.05) is 36.4 Å². The number of aromatic nitrogens is 1. The van der Waals surface area contributed by atoms with Crippen molar-refractivity contribution in [1.82, 2.24) is 15.2 Å². The number of pyridine rings is 1. The third-order valence-electron chi connectivity index (χ3n) is 6.02. The van der Waals surface area contributed by atoms with Crippen LogP contribution >= 0.6 is 0 Å². The van der Waals surface area contributed by atoms with Gasteiger partial charge in [0.2, 0.25) is 5.91 Å². The van der Waals surface area contributed by atoms with E-state index in [2.05, 4.69) is 21.3 Å². The van der Waals surface area contributed by atoms with Crippen LogP contribution in [0.5, 0.6) is 0 Å². The Morgan fingerprint density at radius 1 is 1.19 bits per heavy atom. The SMILES string of the molecule is CC(=CC(=O)NC1C2CCN(CC2)C1Cc1cccnc1)c1ccccc1. The Labute approximate surface area is 161 Å². The Bertz CT molecular complexity index is 795. The Balaban J connectivity index is 1.49. The van der Waals surface area contributed by atoms with E-state index in [-0.39, 0.29) is 11.9 Å². The van der Waals surface area contributed by atoms with E-state index in [1.165, 1.54) is 18.4 Å². The van der Waals surface area contributed by atoms with Crippen LogP contribution in [0.2, 0.25) is 0 Å². The Morgan fingerprint density at radius 2 is 1.96 bits per heavy atom. The third-order valence-corrected chi connectivity index (χ3v) is 6.02. The molecule has 0 radical (unpaired) electrons. The van der Waals surface area contributed by atoms with E-state index in [0.29, 0.717) is 12.0 Å². The fourth-order valence-electron chi connectivity index (χ4n) is 4.57. The molecule has 4 heteroatoms. The van der Waals surface area contributed by atoms with Crippen molar-refractivity contribution in [2.24, 2.45) is 5.92 Å². The van der Waals surface area contributed by atoms with Crippen molar-refractivity contribution in [1.29, 1.82) is 0 Å². The lowest BCUT2D eigenvalue weighted by Gasteiger charge is -2.51. The number of carbonyl (C=O) groups excluding carboxylic acids is 1. The summed E-state index contributed by atoms with van der Waals surface area (Å²) in [6, 6.07) is 14.8. The molecule has 0 aliphatic carbocycles. The molecule has 1 aromatic carbocycles. The molecule has 3 saturated heterocycles. The predicted octanol–water partition coefficient (Wildman–Crippen LogP) is 3.31. The van der Waals surface area contributed by atoms with Gasteiger partial charge in [-0.25, -0.2) is 0 Å². The average molecular weight is 361 g/mol. The Kier molecular flexibility index (Phi) is 5.35. The maximum absolute atomic E-state index is 12.8. The van der Waals surface area contributed by atoms with Gasteiger partial charge in [-0.15, -0.1) is 0 Å². The number of carbonyl (C=O) groups is 1. The Hall–Kier alpha value is -2.46. The van der Waals surface area contributed by atoms with Gasteiger partial charge in [0.15, 0.2) is 0 Å². The highest BCUT2D eigenvalue weighted by atomic mass is 16.1. The first-order chi connectivity index (χ1) is 13.2. The van der Waals surface area contributed by atoms with Crippen molar-refractivity contribution in [2.45, 2.75) is 38.3 Å². The molecule has 5 rings (SSSR count). The van der Waals surface area contributed by atoms with Crippen molar-refractivity contribution >= 4 is 11.5 Å². The van der Waals surface area contributed by atoms with Crippen LogP contribution in [0, 0.1) is 5.92 Å². The van der Waals surface area contributed by atoms with Crippen LogP contribution in [0.1, 0.15) is 30.9 Å². The molecular weight excluding hydrogens is 334 g/mol. The van der Waals surface area contributed by atoms with Crippen LogP contribution in [-0.2, 0) is 11.2 Å². The summed E-state index contributed by atoms with van der Waals surface area (Å²) in [6.45, 7) is 4.28. The molecule has 2 unspecified atom stereocenters. The molecule has 2 bridgehead atoms. The monoisotopic (exact) mass is 361 g/mol. The van der Waals surface area contributed by atoms with Crippen molar-refractivity contribution in [3.05, 3.63) is 72.1 Å². The summed E-state index contributed by atoms with van der Waals surface area (Å²) in [7, 11) is 0. The van der Waals surface area contributed by atoms with E-state index in [1.807, 2.05) is 55.7 Å². The van der Waals surface area contributed by atoms with Crippen LogP contribution in [0.25, 0.3) is 5.57 Å². The van der Waals surface area contributed by atoms with Gasteiger partial charge in [0.1, 0.15) is 0 Å². The van der Waals surface area contributed by atoms with E-state index in [1.54, 1.807) is 6.08 Å². The predicted molar refractivity (Wildman–Crippen MR) is 108 cm³/mol. The van der Waals surface area contributed by atoms with Gasteiger partial charge in [0, 0.05) is 30.6 Å². The molecule has 2 aromatic rings. The van der Waals surface area contributed by atoms with Crippen molar-refractivity contribution in [2.75, 3.05) is 13.1 Å². The lowest BCUT2D eigenvalue weighted by Crippen LogP contribution is -2.64. The molecule has 1 aromatic heterocycles. The number of hydrogen-bond donors (Lipinski definition) is 1. The molecule has 27 heavy (non-hydrogen) atoms. The van der Waals surface area contributed by atoms with E-state index in [4.69, 9.17) is 0 Å². The number of amides is 1. The molecule has 4 nitrogen and oxygen atoms in total. The molecule has 2 atom stereocenters. The first-order valence-corrected chi connectivity index (χ1v) is 9.88. The van der Waals surface area contributed by atoms with Crippen LogP contribution in [0.15, 0.2) is 60.9 Å². The summed E-state index contributed by atoms with van der Waals surface area (Å²) in [5, 5.41) is 3.34. The fourth-order valence-corrected chi connectivity index (χ4v) is 4.57. The van der Waals surface area contributed by atoms with Crippen LogP contribution in [0.4, 0.5) is 0 Å². The normalized spacial score (nSPS) is 27.4. The summed E-state index contributed by atoms with van der Waals surface area (Å²) < 4.78 is 0. The van der Waals surface area contributed by atoms with E-state index in [9.17, 15) is 4.79 Å².